The Morgan fingerprint density at radius 1 is 0.939 bits per heavy atom. The quantitative estimate of drug-likeness (QED) is 0.254. The van der Waals surface area contributed by atoms with Gasteiger partial charge < -0.3 is 5.32 Å². The van der Waals surface area contributed by atoms with Crippen molar-refractivity contribution in [3.63, 3.8) is 0 Å². The van der Waals surface area contributed by atoms with Gasteiger partial charge in [-0.1, -0.05) is 42.5 Å². The number of nitrogens with zero attached hydrogens (tertiary/aromatic N) is 1. The van der Waals surface area contributed by atoms with E-state index in [1.807, 2.05) is 30.3 Å². The largest absolute Gasteiger partial charge is 0.332 e. The summed E-state index contributed by atoms with van der Waals surface area (Å²) >= 11 is 5.09. The number of carbonyl (C=O) groups excluding carboxylic acids is 1. The number of thiocarbonyl (C=S) groups is 1. The fraction of sp³-hybridized carbons (Fsp3) is 0.0909. The summed E-state index contributed by atoms with van der Waals surface area (Å²) in [5.41, 5.74) is 0.990. The number of sulfonamides is 1. The van der Waals surface area contributed by atoms with Gasteiger partial charge in [-0.3, -0.25) is 20.2 Å². The first kappa shape index (κ1) is 24.0. The smallest absolute Gasteiger partial charge is 0.282 e. The SMILES string of the molecule is O=C(NC(=S)Nc1ccc(S(=O)(=O)NCCc2ccccc2)cc1)c1ccccc1[N+](=O)[O-]. The fourth-order valence-electron chi connectivity index (χ4n) is 2.93. The first-order valence-electron chi connectivity index (χ1n) is 9.76. The van der Waals surface area contributed by atoms with Crippen LogP contribution in [-0.2, 0) is 16.4 Å². The van der Waals surface area contributed by atoms with Gasteiger partial charge in [0.05, 0.1) is 9.82 Å². The van der Waals surface area contributed by atoms with Crippen LogP contribution in [0, 0.1) is 10.1 Å². The molecule has 0 unspecified atom stereocenters. The fourth-order valence-corrected chi connectivity index (χ4v) is 4.18. The number of para-hydroxylation sites is 1. The minimum absolute atomic E-state index is 0.0796. The maximum absolute atomic E-state index is 12.5. The summed E-state index contributed by atoms with van der Waals surface area (Å²) in [6.45, 7) is 0.258. The van der Waals surface area contributed by atoms with Crippen molar-refractivity contribution in [3.05, 3.63) is 100 Å². The topological polar surface area (TPSA) is 130 Å². The van der Waals surface area contributed by atoms with E-state index in [0.29, 0.717) is 12.1 Å². The van der Waals surface area contributed by atoms with Gasteiger partial charge in [-0.2, -0.15) is 0 Å². The second-order valence-electron chi connectivity index (χ2n) is 6.84. The van der Waals surface area contributed by atoms with Crippen molar-refractivity contribution in [1.82, 2.24) is 10.0 Å². The van der Waals surface area contributed by atoms with Gasteiger partial charge in [0.15, 0.2) is 5.11 Å². The van der Waals surface area contributed by atoms with E-state index in [4.69, 9.17) is 12.2 Å². The van der Waals surface area contributed by atoms with Gasteiger partial charge in [-0.15, -0.1) is 0 Å². The zero-order chi connectivity index (χ0) is 23.8. The van der Waals surface area contributed by atoms with Crippen molar-refractivity contribution in [2.75, 3.05) is 11.9 Å². The van der Waals surface area contributed by atoms with Crippen LogP contribution in [0.2, 0.25) is 0 Å². The molecule has 9 nitrogen and oxygen atoms in total. The van der Waals surface area contributed by atoms with Gasteiger partial charge >= 0.3 is 0 Å². The molecule has 33 heavy (non-hydrogen) atoms. The number of amides is 1. The monoisotopic (exact) mass is 484 g/mol. The Morgan fingerprint density at radius 3 is 2.24 bits per heavy atom. The molecule has 0 spiro atoms. The Bertz CT molecular complexity index is 1260. The van der Waals surface area contributed by atoms with Crippen LogP contribution >= 0.6 is 12.2 Å². The van der Waals surface area contributed by atoms with Crippen molar-refractivity contribution in [1.29, 1.82) is 0 Å². The summed E-state index contributed by atoms with van der Waals surface area (Å²) < 4.78 is 27.5. The third-order valence-electron chi connectivity index (χ3n) is 4.54. The molecule has 0 saturated carbocycles. The molecule has 0 aliphatic carbocycles. The average Bonchev–Trinajstić information content (AvgIpc) is 2.80. The molecule has 1 amide bonds. The lowest BCUT2D eigenvalue weighted by molar-refractivity contribution is -0.385. The highest BCUT2D eigenvalue weighted by Crippen LogP contribution is 2.18. The molecule has 0 radical (unpaired) electrons. The van der Waals surface area contributed by atoms with E-state index >= 15 is 0 Å². The number of carbonyl (C=O) groups is 1. The first-order chi connectivity index (χ1) is 15.8. The minimum atomic E-state index is -3.69. The molecular formula is C22H20N4O5S2. The second-order valence-corrected chi connectivity index (χ2v) is 9.02. The highest BCUT2D eigenvalue weighted by Gasteiger charge is 2.20. The molecule has 0 aromatic heterocycles. The Labute approximate surface area is 196 Å². The summed E-state index contributed by atoms with van der Waals surface area (Å²) in [7, 11) is -3.69. The molecule has 11 heteroatoms. The van der Waals surface area contributed by atoms with Crippen LogP contribution in [0.25, 0.3) is 0 Å². The Morgan fingerprint density at radius 2 is 1.58 bits per heavy atom. The van der Waals surface area contributed by atoms with E-state index < -0.39 is 20.9 Å². The lowest BCUT2D eigenvalue weighted by Crippen LogP contribution is -2.34. The predicted octanol–water partition coefficient (Wildman–Crippen LogP) is 3.24. The van der Waals surface area contributed by atoms with Gasteiger partial charge in [-0.25, -0.2) is 13.1 Å². The van der Waals surface area contributed by atoms with Crippen LogP contribution in [0.4, 0.5) is 11.4 Å². The van der Waals surface area contributed by atoms with Crippen molar-refractivity contribution in [2.45, 2.75) is 11.3 Å². The van der Waals surface area contributed by atoms with Crippen LogP contribution in [0.3, 0.4) is 0 Å². The molecule has 3 aromatic rings. The summed E-state index contributed by atoms with van der Waals surface area (Å²) in [6, 6.07) is 20.8. The molecule has 0 bridgehead atoms. The summed E-state index contributed by atoms with van der Waals surface area (Å²) in [4.78, 5) is 22.8. The number of anilines is 1. The molecule has 3 N–H and O–H groups in total. The average molecular weight is 485 g/mol. The van der Waals surface area contributed by atoms with Crippen LogP contribution in [0.1, 0.15) is 15.9 Å². The number of nitrogens with one attached hydrogen (secondary N) is 3. The molecule has 0 heterocycles. The van der Waals surface area contributed by atoms with Crippen LogP contribution in [0.5, 0.6) is 0 Å². The zero-order valence-corrected chi connectivity index (χ0v) is 18.9. The minimum Gasteiger partial charge on any atom is -0.332 e. The van der Waals surface area contributed by atoms with Gasteiger partial charge in [0.2, 0.25) is 10.0 Å². The molecule has 170 valence electrons. The van der Waals surface area contributed by atoms with Gasteiger partial charge in [-0.05, 0) is 54.5 Å². The maximum atomic E-state index is 12.5. The summed E-state index contributed by atoms with van der Waals surface area (Å²) in [5, 5.41) is 16.1. The molecule has 0 saturated heterocycles. The third-order valence-corrected chi connectivity index (χ3v) is 6.22. The van der Waals surface area contributed by atoms with Crippen molar-refractivity contribution >= 4 is 44.6 Å². The van der Waals surface area contributed by atoms with E-state index in [2.05, 4.69) is 15.4 Å². The van der Waals surface area contributed by atoms with Crippen LogP contribution in [-0.4, -0.2) is 30.9 Å². The Hall–Kier alpha value is -3.67. The molecular weight excluding hydrogens is 464 g/mol. The number of nitro groups is 1. The van der Waals surface area contributed by atoms with Gasteiger partial charge in [0.1, 0.15) is 5.56 Å². The highest BCUT2D eigenvalue weighted by molar-refractivity contribution is 7.89. The van der Waals surface area contributed by atoms with Crippen molar-refractivity contribution in [3.8, 4) is 0 Å². The third kappa shape index (κ3) is 6.65. The Balaban J connectivity index is 1.57. The highest BCUT2D eigenvalue weighted by atomic mass is 32.2. The number of hydrogen-bond acceptors (Lipinski definition) is 6. The summed E-state index contributed by atoms with van der Waals surface area (Å²) in [5.74, 6) is -0.735. The number of hydrogen-bond donors (Lipinski definition) is 3. The molecule has 3 aromatic carbocycles. The second kappa shape index (κ2) is 10.8. The summed E-state index contributed by atoms with van der Waals surface area (Å²) in [6.07, 6.45) is 0.563. The van der Waals surface area contributed by atoms with Crippen molar-refractivity contribution in [2.24, 2.45) is 0 Å². The number of rotatable bonds is 8. The van der Waals surface area contributed by atoms with E-state index in [1.54, 1.807) is 0 Å². The van der Waals surface area contributed by atoms with Gasteiger partial charge in [0, 0.05) is 18.3 Å². The molecule has 0 atom stereocenters. The molecule has 0 aliphatic heterocycles. The Kier molecular flexibility index (Phi) is 7.83. The van der Waals surface area contributed by atoms with Crippen LogP contribution in [0.15, 0.2) is 83.8 Å². The standard InChI is InChI=1S/C22H20N4O5S2/c27-21(19-8-4-5-9-20(19)26(28)29)25-22(32)24-17-10-12-18(13-11-17)33(30,31)23-15-14-16-6-2-1-3-7-16/h1-13,23H,14-15H2,(H2,24,25,27,32). The lowest BCUT2D eigenvalue weighted by atomic mass is 10.1. The molecule has 0 aliphatic rings. The number of nitro benzene ring substituents is 1. The normalized spacial score (nSPS) is 10.9. The molecule has 3 rings (SSSR count). The zero-order valence-electron chi connectivity index (χ0n) is 17.2. The lowest BCUT2D eigenvalue weighted by Gasteiger charge is -2.11. The van der Waals surface area contributed by atoms with E-state index in [0.717, 1.165) is 5.56 Å². The number of benzene rings is 3. The first-order valence-corrected chi connectivity index (χ1v) is 11.6. The maximum Gasteiger partial charge on any atom is 0.282 e. The van der Waals surface area contributed by atoms with Crippen molar-refractivity contribution < 1.29 is 18.1 Å². The van der Waals surface area contributed by atoms with Crippen LogP contribution < -0.4 is 15.4 Å². The van der Waals surface area contributed by atoms with Gasteiger partial charge in [0.25, 0.3) is 11.6 Å². The molecule has 0 fully saturated rings. The van der Waals surface area contributed by atoms with E-state index in [-0.39, 0.29) is 27.8 Å². The predicted molar refractivity (Wildman–Crippen MR) is 129 cm³/mol. The van der Waals surface area contributed by atoms with E-state index in [1.165, 1.54) is 48.5 Å². The van der Waals surface area contributed by atoms with E-state index in [9.17, 15) is 23.3 Å².